The number of aromatic nitrogens is 1. The number of carbonyl (C=O) groups is 1. The quantitative estimate of drug-likeness (QED) is 0.746. The van der Waals surface area contributed by atoms with Crippen molar-refractivity contribution in [3.63, 3.8) is 0 Å². The Morgan fingerprint density at radius 1 is 1.15 bits per heavy atom. The summed E-state index contributed by atoms with van der Waals surface area (Å²) >= 11 is 0. The van der Waals surface area contributed by atoms with Gasteiger partial charge in [-0.3, -0.25) is 9.10 Å². The second-order valence-corrected chi connectivity index (χ2v) is 8.34. The first-order valence-electron chi connectivity index (χ1n) is 8.38. The van der Waals surface area contributed by atoms with Crippen LogP contribution in [-0.2, 0) is 10.2 Å². The van der Waals surface area contributed by atoms with Crippen molar-refractivity contribution in [3.05, 3.63) is 53.7 Å². The minimum Gasteiger partial charge on any atom is -0.356 e. The molecule has 0 saturated carbocycles. The SMILES string of the molecule is Cc1noc2ccc(NC(=O)c3ccc(N4CCN(C)S4(=O)=O)cc3)cc12. The highest BCUT2D eigenvalue weighted by molar-refractivity contribution is 7.90. The van der Waals surface area contributed by atoms with Gasteiger partial charge in [-0.25, -0.2) is 0 Å². The Morgan fingerprint density at radius 3 is 2.56 bits per heavy atom. The molecule has 0 radical (unpaired) electrons. The maximum atomic E-state index is 12.5. The summed E-state index contributed by atoms with van der Waals surface area (Å²) in [7, 11) is -1.92. The van der Waals surface area contributed by atoms with Crippen LogP contribution in [0.1, 0.15) is 16.1 Å². The number of nitrogens with zero attached hydrogens (tertiary/aromatic N) is 3. The standard InChI is InChI=1S/C18H18N4O4S/c1-12-16-11-14(5-8-17(16)26-20-12)19-18(23)13-3-6-15(7-4-13)22-10-9-21(2)27(22,24)25/h3-8,11H,9-10H2,1-2H3,(H,19,23). The number of hydrogen-bond donors (Lipinski definition) is 1. The van der Waals surface area contributed by atoms with Crippen molar-refractivity contribution in [1.29, 1.82) is 0 Å². The second-order valence-electron chi connectivity index (χ2n) is 6.38. The van der Waals surface area contributed by atoms with Crippen LogP contribution in [0, 0.1) is 6.92 Å². The fourth-order valence-corrected chi connectivity index (χ4v) is 4.36. The van der Waals surface area contributed by atoms with Gasteiger partial charge in [0.05, 0.1) is 11.4 Å². The molecule has 0 aliphatic carbocycles. The summed E-state index contributed by atoms with van der Waals surface area (Å²) in [5.41, 5.74) is 3.02. The number of benzene rings is 2. The van der Waals surface area contributed by atoms with Gasteiger partial charge < -0.3 is 9.84 Å². The molecule has 8 nitrogen and oxygen atoms in total. The van der Waals surface area contributed by atoms with Gasteiger partial charge >= 0.3 is 10.2 Å². The summed E-state index contributed by atoms with van der Waals surface area (Å²) in [6.45, 7) is 2.66. The average Bonchev–Trinajstić information content (AvgIpc) is 3.15. The second kappa shape index (κ2) is 6.36. The Kier molecular flexibility index (Phi) is 4.12. The highest BCUT2D eigenvalue weighted by Crippen LogP contribution is 2.25. The largest absolute Gasteiger partial charge is 0.356 e. The maximum Gasteiger partial charge on any atom is 0.303 e. The van der Waals surface area contributed by atoms with Gasteiger partial charge in [0.1, 0.15) is 0 Å². The molecular weight excluding hydrogens is 368 g/mol. The van der Waals surface area contributed by atoms with E-state index >= 15 is 0 Å². The number of rotatable bonds is 3. The molecule has 0 spiro atoms. The molecule has 1 amide bonds. The number of fused-ring (bicyclic) bond motifs is 1. The van der Waals surface area contributed by atoms with Crippen molar-refractivity contribution in [1.82, 2.24) is 9.46 Å². The lowest BCUT2D eigenvalue weighted by atomic mass is 10.1. The highest BCUT2D eigenvalue weighted by Gasteiger charge is 2.33. The van der Waals surface area contributed by atoms with Crippen LogP contribution >= 0.6 is 0 Å². The van der Waals surface area contributed by atoms with E-state index in [1.165, 1.54) is 8.61 Å². The Balaban J connectivity index is 1.53. The normalized spacial score (nSPS) is 16.7. The van der Waals surface area contributed by atoms with E-state index in [1.807, 2.05) is 6.92 Å². The van der Waals surface area contributed by atoms with Crippen molar-refractivity contribution in [3.8, 4) is 0 Å². The summed E-state index contributed by atoms with van der Waals surface area (Å²) in [4.78, 5) is 12.5. The molecule has 2 aromatic carbocycles. The zero-order valence-electron chi connectivity index (χ0n) is 14.8. The number of hydrogen-bond acceptors (Lipinski definition) is 5. The molecule has 140 valence electrons. The molecule has 1 aromatic heterocycles. The minimum absolute atomic E-state index is 0.281. The summed E-state index contributed by atoms with van der Waals surface area (Å²) in [5, 5.41) is 7.56. The molecule has 0 unspecified atom stereocenters. The van der Waals surface area contributed by atoms with Gasteiger partial charge in [-0.1, -0.05) is 5.16 Å². The smallest absolute Gasteiger partial charge is 0.303 e. The van der Waals surface area contributed by atoms with E-state index in [4.69, 9.17) is 4.52 Å². The third kappa shape index (κ3) is 3.04. The fourth-order valence-electron chi connectivity index (χ4n) is 3.01. The Hall–Kier alpha value is -2.91. The minimum atomic E-state index is -3.47. The molecule has 4 rings (SSSR count). The topological polar surface area (TPSA) is 95.8 Å². The van der Waals surface area contributed by atoms with Gasteiger partial charge in [0.2, 0.25) is 0 Å². The van der Waals surface area contributed by atoms with Crippen LogP contribution in [0.4, 0.5) is 11.4 Å². The van der Waals surface area contributed by atoms with Crippen molar-refractivity contribution >= 4 is 38.5 Å². The zero-order chi connectivity index (χ0) is 19.2. The highest BCUT2D eigenvalue weighted by atomic mass is 32.2. The van der Waals surface area contributed by atoms with Crippen LogP contribution in [-0.4, -0.2) is 43.9 Å². The molecule has 0 atom stereocenters. The van der Waals surface area contributed by atoms with Crippen LogP contribution in [0.15, 0.2) is 47.0 Å². The first kappa shape index (κ1) is 17.5. The third-order valence-corrected chi connectivity index (χ3v) is 6.54. The average molecular weight is 386 g/mol. The van der Waals surface area contributed by atoms with E-state index in [9.17, 15) is 13.2 Å². The Morgan fingerprint density at radius 2 is 1.89 bits per heavy atom. The summed E-state index contributed by atoms with van der Waals surface area (Å²) in [5.74, 6) is -0.281. The molecule has 27 heavy (non-hydrogen) atoms. The van der Waals surface area contributed by atoms with E-state index in [0.29, 0.717) is 35.6 Å². The number of likely N-dealkylation sites (N-methyl/N-ethyl adjacent to an activating group) is 1. The number of amides is 1. The van der Waals surface area contributed by atoms with Gasteiger partial charge in [0.25, 0.3) is 5.91 Å². The summed E-state index contributed by atoms with van der Waals surface area (Å²) < 4.78 is 32.2. The zero-order valence-corrected chi connectivity index (χ0v) is 15.7. The van der Waals surface area contributed by atoms with Crippen LogP contribution < -0.4 is 9.62 Å². The van der Waals surface area contributed by atoms with Crippen molar-refractivity contribution < 1.29 is 17.7 Å². The number of carbonyl (C=O) groups excluding carboxylic acids is 1. The molecule has 1 saturated heterocycles. The monoisotopic (exact) mass is 386 g/mol. The molecule has 1 N–H and O–H groups in total. The van der Waals surface area contributed by atoms with Gasteiger partial charge in [-0.2, -0.15) is 12.7 Å². The van der Waals surface area contributed by atoms with Crippen molar-refractivity contribution in [2.75, 3.05) is 29.8 Å². The Bertz CT molecular complexity index is 1120. The maximum absolute atomic E-state index is 12.5. The van der Waals surface area contributed by atoms with Crippen LogP contribution in [0.2, 0.25) is 0 Å². The number of nitrogens with one attached hydrogen (secondary N) is 1. The predicted molar refractivity (Wildman–Crippen MR) is 102 cm³/mol. The molecule has 9 heteroatoms. The Labute approximate surface area is 156 Å². The van der Waals surface area contributed by atoms with E-state index < -0.39 is 10.2 Å². The molecule has 1 aliphatic heterocycles. The molecule has 2 heterocycles. The van der Waals surface area contributed by atoms with E-state index in [-0.39, 0.29) is 5.91 Å². The van der Waals surface area contributed by atoms with Crippen LogP contribution in [0.25, 0.3) is 11.0 Å². The van der Waals surface area contributed by atoms with E-state index in [2.05, 4.69) is 10.5 Å². The van der Waals surface area contributed by atoms with Crippen LogP contribution in [0.3, 0.4) is 0 Å². The molecule has 1 fully saturated rings. The number of anilines is 2. The van der Waals surface area contributed by atoms with Gasteiger partial charge in [-0.15, -0.1) is 0 Å². The fraction of sp³-hybridized carbons (Fsp3) is 0.222. The molecular formula is C18H18N4O4S. The third-order valence-electron chi connectivity index (χ3n) is 4.62. The van der Waals surface area contributed by atoms with Gasteiger partial charge in [0.15, 0.2) is 5.58 Å². The van der Waals surface area contributed by atoms with E-state index in [0.717, 1.165) is 11.1 Å². The van der Waals surface area contributed by atoms with Crippen molar-refractivity contribution in [2.24, 2.45) is 0 Å². The van der Waals surface area contributed by atoms with Crippen LogP contribution in [0.5, 0.6) is 0 Å². The lowest BCUT2D eigenvalue weighted by molar-refractivity contribution is 0.102. The van der Waals surface area contributed by atoms with Crippen molar-refractivity contribution in [2.45, 2.75) is 6.92 Å². The predicted octanol–water partition coefficient (Wildman–Crippen LogP) is 2.39. The first-order chi connectivity index (χ1) is 12.9. The summed E-state index contributed by atoms with van der Waals surface area (Å²) in [6.07, 6.45) is 0. The first-order valence-corrected chi connectivity index (χ1v) is 9.77. The lowest BCUT2D eigenvalue weighted by Gasteiger charge is -2.18. The number of aryl methyl sites for hydroxylation is 1. The molecule has 3 aromatic rings. The lowest BCUT2D eigenvalue weighted by Crippen LogP contribution is -2.30. The summed E-state index contributed by atoms with van der Waals surface area (Å²) in [6, 6.07) is 11.8. The molecule has 1 aliphatic rings. The molecule has 0 bridgehead atoms. The van der Waals surface area contributed by atoms with Gasteiger partial charge in [0, 0.05) is 36.8 Å². The van der Waals surface area contributed by atoms with Gasteiger partial charge in [-0.05, 0) is 49.4 Å². The van der Waals surface area contributed by atoms with E-state index in [1.54, 1.807) is 49.5 Å².